The molecule has 0 fully saturated rings. The number of hydrogen-bond donors (Lipinski definition) is 0. The molecule has 26 heavy (non-hydrogen) atoms. The van der Waals surface area contributed by atoms with Crippen LogP contribution in [-0.4, -0.2) is 15.4 Å². The van der Waals surface area contributed by atoms with E-state index in [2.05, 4.69) is 41.5 Å². The lowest BCUT2D eigenvalue weighted by molar-refractivity contribution is 0.414. The molecule has 2 aromatic carbocycles. The first-order valence-corrected chi connectivity index (χ1v) is 11.5. The predicted octanol–water partition coefficient (Wildman–Crippen LogP) is 7.06. The summed E-state index contributed by atoms with van der Waals surface area (Å²) in [6, 6.07) is 12.6. The number of hydrogen-bond acceptors (Lipinski definition) is 2. The van der Waals surface area contributed by atoms with Gasteiger partial charge in [-0.05, 0) is 52.5 Å². The van der Waals surface area contributed by atoms with Gasteiger partial charge in [-0.2, -0.15) is 0 Å². The molecule has 0 bridgehead atoms. The molecule has 0 heterocycles. The summed E-state index contributed by atoms with van der Waals surface area (Å²) in [4.78, 5) is 0. The van der Waals surface area contributed by atoms with E-state index in [1.165, 1.54) is 6.07 Å². The van der Waals surface area contributed by atoms with E-state index in [0.717, 1.165) is 11.3 Å². The van der Waals surface area contributed by atoms with Gasteiger partial charge in [0.05, 0.1) is 7.11 Å². The van der Waals surface area contributed by atoms with Gasteiger partial charge in [-0.25, -0.2) is 4.39 Å². The van der Waals surface area contributed by atoms with Crippen LogP contribution in [0, 0.1) is 5.82 Å². The molecule has 2 nitrogen and oxygen atoms in total. The van der Waals surface area contributed by atoms with Gasteiger partial charge in [-0.1, -0.05) is 53.7 Å². The van der Waals surface area contributed by atoms with E-state index < -0.39 is 8.32 Å². The molecule has 0 aliphatic heterocycles. The molecular formula is C22H31FO2Si. The summed E-state index contributed by atoms with van der Waals surface area (Å²) in [5.41, 5.74) is 2.89. The van der Waals surface area contributed by atoms with E-state index in [1.807, 2.05) is 24.3 Å². The van der Waals surface area contributed by atoms with Crippen molar-refractivity contribution < 1.29 is 13.6 Å². The minimum atomic E-state index is -1.98. The monoisotopic (exact) mass is 374 g/mol. The van der Waals surface area contributed by atoms with Gasteiger partial charge in [0, 0.05) is 5.56 Å². The molecule has 142 valence electrons. The molecule has 4 heteroatoms. The van der Waals surface area contributed by atoms with E-state index >= 15 is 0 Å². The Bertz CT molecular complexity index is 702. The lowest BCUT2D eigenvalue weighted by Gasteiger charge is -2.42. The quantitative estimate of drug-likeness (QED) is 0.483. The van der Waals surface area contributed by atoms with Crippen molar-refractivity contribution >= 4 is 8.32 Å². The minimum Gasteiger partial charge on any atom is -0.543 e. The Labute approximate surface area is 158 Å². The fourth-order valence-corrected chi connectivity index (χ4v) is 9.36. The Kier molecular flexibility index (Phi) is 6.51. The molecule has 0 N–H and O–H groups in total. The third-order valence-corrected chi connectivity index (χ3v) is 11.3. The van der Waals surface area contributed by atoms with Crippen LogP contribution >= 0.6 is 0 Å². The molecule has 2 rings (SSSR count). The van der Waals surface area contributed by atoms with Gasteiger partial charge in [0.1, 0.15) is 17.3 Å². The lowest BCUT2D eigenvalue weighted by Crippen LogP contribution is -2.50. The molecule has 0 unspecified atom stereocenters. The molecule has 0 aliphatic rings. The van der Waals surface area contributed by atoms with Crippen molar-refractivity contribution in [2.24, 2.45) is 0 Å². The smallest absolute Gasteiger partial charge is 0.258 e. The second-order valence-corrected chi connectivity index (χ2v) is 13.2. The number of ether oxygens (including phenoxy) is 1. The van der Waals surface area contributed by atoms with Crippen LogP contribution in [-0.2, 0) is 0 Å². The number of benzene rings is 2. The van der Waals surface area contributed by atoms with Crippen molar-refractivity contribution in [2.75, 3.05) is 7.11 Å². The first-order valence-electron chi connectivity index (χ1n) is 9.35. The van der Waals surface area contributed by atoms with Crippen LogP contribution in [0.2, 0.25) is 16.6 Å². The Morgan fingerprint density at radius 2 is 1.27 bits per heavy atom. The van der Waals surface area contributed by atoms with Crippen LogP contribution in [0.4, 0.5) is 4.39 Å². The average molecular weight is 375 g/mol. The van der Waals surface area contributed by atoms with E-state index in [-0.39, 0.29) is 5.82 Å². The van der Waals surface area contributed by atoms with E-state index in [1.54, 1.807) is 19.2 Å². The summed E-state index contributed by atoms with van der Waals surface area (Å²) >= 11 is 0. The van der Waals surface area contributed by atoms with Crippen molar-refractivity contribution in [1.82, 2.24) is 0 Å². The lowest BCUT2D eigenvalue weighted by atomic mass is 10.0. The normalized spacial score (nSPS) is 12.1. The third kappa shape index (κ3) is 3.95. The Morgan fingerprint density at radius 3 is 1.73 bits per heavy atom. The molecule has 0 spiro atoms. The van der Waals surface area contributed by atoms with Crippen molar-refractivity contribution in [3.05, 3.63) is 48.3 Å². The maximum absolute atomic E-state index is 14.2. The highest BCUT2D eigenvalue weighted by Crippen LogP contribution is 2.43. The molecule has 0 saturated carbocycles. The molecule has 0 radical (unpaired) electrons. The van der Waals surface area contributed by atoms with Gasteiger partial charge in [0.15, 0.2) is 0 Å². The van der Waals surface area contributed by atoms with Crippen LogP contribution in [0.5, 0.6) is 11.5 Å². The summed E-state index contributed by atoms with van der Waals surface area (Å²) in [5.74, 6) is 1.27. The van der Waals surface area contributed by atoms with Gasteiger partial charge < -0.3 is 9.16 Å². The Hall–Kier alpha value is -1.81. The first kappa shape index (κ1) is 20.5. The predicted molar refractivity (Wildman–Crippen MR) is 110 cm³/mol. The topological polar surface area (TPSA) is 18.5 Å². The highest BCUT2D eigenvalue weighted by Gasteiger charge is 2.46. The van der Waals surface area contributed by atoms with Crippen molar-refractivity contribution in [3.8, 4) is 22.6 Å². The summed E-state index contributed by atoms with van der Waals surface area (Å²) in [6.07, 6.45) is 0. The van der Waals surface area contributed by atoms with Crippen molar-refractivity contribution in [2.45, 2.75) is 58.2 Å². The van der Waals surface area contributed by atoms with Crippen LogP contribution in [0.25, 0.3) is 11.1 Å². The zero-order valence-electron chi connectivity index (χ0n) is 17.0. The summed E-state index contributed by atoms with van der Waals surface area (Å²) in [6.45, 7) is 13.6. The van der Waals surface area contributed by atoms with Crippen LogP contribution in [0.1, 0.15) is 41.5 Å². The van der Waals surface area contributed by atoms with Crippen LogP contribution in [0.15, 0.2) is 42.5 Å². The summed E-state index contributed by atoms with van der Waals surface area (Å²) in [5, 5.41) is 0. The van der Waals surface area contributed by atoms with E-state index in [4.69, 9.17) is 9.16 Å². The fraction of sp³-hybridized carbons (Fsp3) is 0.455. The largest absolute Gasteiger partial charge is 0.543 e. The second kappa shape index (κ2) is 8.25. The fourth-order valence-electron chi connectivity index (χ4n) is 4.11. The zero-order valence-corrected chi connectivity index (χ0v) is 18.0. The van der Waals surface area contributed by atoms with Crippen molar-refractivity contribution in [1.29, 1.82) is 0 Å². The highest BCUT2D eigenvalue weighted by molar-refractivity contribution is 6.78. The van der Waals surface area contributed by atoms with Gasteiger partial charge in [0.2, 0.25) is 0 Å². The molecule has 0 saturated heterocycles. The maximum Gasteiger partial charge on any atom is 0.258 e. The maximum atomic E-state index is 14.2. The van der Waals surface area contributed by atoms with E-state index in [9.17, 15) is 4.39 Å². The standard InChI is InChI=1S/C22H31FO2Si/c1-15(2)26(16(3)4,17(5)6)25-19-10-8-18(9-11-19)21-14-20(24-7)12-13-22(21)23/h8-17H,1-7H3. The molecule has 2 aromatic rings. The second-order valence-electron chi connectivity index (χ2n) is 7.79. The number of methoxy groups -OCH3 is 1. The molecule has 0 amide bonds. The van der Waals surface area contributed by atoms with Gasteiger partial charge >= 0.3 is 0 Å². The van der Waals surface area contributed by atoms with Crippen molar-refractivity contribution in [3.63, 3.8) is 0 Å². The van der Waals surface area contributed by atoms with Gasteiger partial charge in [-0.15, -0.1) is 0 Å². The number of rotatable bonds is 7. The first-order chi connectivity index (χ1) is 12.2. The van der Waals surface area contributed by atoms with Crippen LogP contribution in [0.3, 0.4) is 0 Å². The summed E-state index contributed by atoms with van der Waals surface area (Å²) in [7, 11) is -0.400. The Balaban J connectivity index is 2.35. The number of halogens is 1. The molecule has 0 aromatic heterocycles. The minimum absolute atomic E-state index is 0.255. The Morgan fingerprint density at radius 1 is 0.769 bits per heavy atom. The van der Waals surface area contributed by atoms with Gasteiger partial charge in [-0.3, -0.25) is 0 Å². The summed E-state index contributed by atoms with van der Waals surface area (Å²) < 4.78 is 26.1. The van der Waals surface area contributed by atoms with Crippen LogP contribution < -0.4 is 9.16 Å². The SMILES string of the molecule is COc1ccc(F)c(-c2ccc(O[Si](C(C)C)(C(C)C)C(C)C)cc2)c1. The molecule has 0 atom stereocenters. The van der Waals surface area contributed by atoms with E-state index in [0.29, 0.717) is 27.9 Å². The zero-order chi connectivity index (χ0) is 19.5. The highest BCUT2D eigenvalue weighted by atomic mass is 28.4. The molecular weight excluding hydrogens is 343 g/mol. The third-order valence-electron chi connectivity index (χ3n) is 5.34. The average Bonchev–Trinajstić information content (AvgIpc) is 2.59. The van der Waals surface area contributed by atoms with Gasteiger partial charge in [0.25, 0.3) is 8.32 Å². The molecule has 0 aliphatic carbocycles.